The molecule has 2 atom stereocenters. The molecule has 282 valence electrons. The number of esters is 1. The quantitative estimate of drug-likeness (QED) is 0.103. The number of alkyl halides is 3. The van der Waals surface area contributed by atoms with Gasteiger partial charge in [-0.2, -0.15) is 13.2 Å². The van der Waals surface area contributed by atoms with Crippen LogP contribution < -0.4 is 21.5 Å². The number of carbonyl (C=O) groups excluding carboxylic acids is 3. The number of piperidine rings is 1. The molecule has 0 spiro atoms. The molecule has 1 aromatic heterocycles. The molecular weight excluding hydrogens is 695 g/mol. The van der Waals surface area contributed by atoms with Gasteiger partial charge < -0.3 is 40.8 Å². The van der Waals surface area contributed by atoms with Crippen molar-refractivity contribution in [1.82, 2.24) is 20.5 Å². The number of aromatic nitrogens is 1. The van der Waals surface area contributed by atoms with Crippen molar-refractivity contribution in [2.45, 2.75) is 63.6 Å². The van der Waals surface area contributed by atoms with E-state index in [4.69, 9.17) is 0 Å². The third-order valence-corrected chi connectivity index (χ3v) is 9.03. The van der Waals surface area contributed by atoms with E-state index < -0.39 is 24.4 Å². The lowest BCUT2D eigenvalue weighted by molar-refractivity contribution is -0.206. The van der Waals surface area contributed by atoms with Crippen LogP contribution in [0.3, 0.4) is 0 Å². The first-order chi connectivity index (χ1) is 25.2. The number of phenols is 1. The maximum absolute atomic E-state index is 13.1. The number of nitrogens with one attached hydrogen (secondary N) is 4. The van der Waals surface area contributed by atoms with E-state index in [1.165, 1.54) is 12.1 Å². The molecule has 6 N–H and O–H groups in total. The Hall–Kier alpha value is -5.25. The highest BCUT2D eigenvalue weighted by atomic mass is 19.4. The number of nitrogens with zero attached hydrogens (tertiary/aromatic N) is 1. The van der Waals surface area contributed by atoms with E-state index in [2.05, 4.69) is 25.7 Å². The monoisotopic (exact) mass is 737 g/mol. The smallest absolute Gasteiger partial charge is 0.490 e. The van der Waals surface area contributed by atoms with Crippen molar-refractivity contribution in [2.24, 2.45) is 0 Å². The van der Waals surface area contributed by atoms with Gasteiger partial charge in [-0.1, -0.05) is 30.3 Å². The molecule has 15 heteroatoms. The Labute approximate surface area is 303 Å². The fourth-order valence-electron chi connectivity index (χ4n) is 6.22. The average molecular weight is 738 g/mol. The summed E-state index contributed by atoms with van der Waals surface area (Å²) in [5.41, 5.74) is 3.17. The van der Waals surface area contributed by atoms with Gasteiger partial charge in [-0.05, 0) is 79.3 Å². The van der Waals surface area contributed by atoms with Gasteiger partial charge >= 0.3 is 12.1 Å². The summed E-state index contributed by atoms with van der Waals surface area (Å²) in [4.78, 5) is 52.9. The number of benzene rings is 3. The minimum atomic E-state index is -5.02. The van der Waals surface area contributed by atoms with Crippen LogP contribution in [0.1, 0.15) is 59.3 Å². The molecule has 1 aliphatic heterocycles. The predicted octanol–water partition coefficient (Wildman–Crippen LogP) is 4.32. The summed E-state index contributed by atoms with van der Waals surface area (Å²) in [6, 6.07) is 20.2. The molecular formula is C38H42F3N5O7. The molecule has 1 aliphatic rings. The molecule has 0 saturated carbocycles. The molecule has 2 heterocycles. The third kappa shape index (κ3) is 11.1. The molecule has 53 heavy (non-hydrogen) atoms. The second-order valence-corrected chi connectivity index (χ2v) is 13.1. The van der Waals surface area contributed by atoms with Crippen LogP contribution >= 0.6 is 0 Å². The Morgan fingerprint density at radius 1 is 1.00 bits per heavy atom. The van der Waals surface area contributed by atoms with Crippen LogP contribution in [0.4, 0.5) is 18.9 Å². The summed E-state index contributed by atoms with van der Waals surface area (Å²) < 4.78 is 41.8. The lowest BCUT2D eigenvalue weighted by Crippen LogP contribution is -2.41. The number of fused-ring (bicyclic) bond motifs is 1. The highest BCUT2D eigenvalue weighted by Gasteiger charge is 2.42. The standard InChI is InChI=1S/C38H42F3N5O7/c1-23(42-22-32(48)29-8-10-31(47)35-30(29)9-11-34(50)45-35)18-24-4-3-7-27(20-24)44-36(51)26-6-2-5-25(19-26)21-43-33(49)14-17-46-15-12-28(13-16-46)53-37(52)38(39,40)41/h2-11,19-20,23,28,32,42,47-48H,12-18,21-22H2,1H3,(H,43,49)(H,44,51)(H,45,50)/t23-,32-/m0/s1. The molecule has 4 aromatic rings. The Balaban J connectivity index is 1.05. The van der Waals surface area contributed by atoms with Gasteiger partial charge in [-0.3, -0.25) is 14.4 Å². The number of ether oxygens (including phenoxy) is 1. The summed E-state index contributed by atoms with van der Waals surface area (Å²) in [6.45, 7) is 3.63. The SMILES string of the molecule is C[C@@H](Cc1cccc(NC(=O)c2cccc(CNC(=O)CCN3CCC(OC(=O)C(F)(F)F)CC3)c2)c1)NC[C@H](O)c1ccc(O)c2[nH]c(=O)ccc12. The van der Waals surface area contributed by atoms with Crippen LogP contribution in [0.15, 0.2) is 77.6 Å². The Morgan fingerprint density at radius 3 is 2.49 bits per heavy atom. The van der Waals surface area contributed by atoms with Crippen LogP contribution in [-0.2, 0) is 27.3 Å². The number of aliphatic hydroxyl groups is 1. The summed E-state index contributed by atoms with van der Waals surface area (Å²) >= 11 is 0. The second-order valence-electron chi connectivity index (χ2n) is 13.1. The highest BCUT2D eigenvalue weighted by Crippen LogP contribution is 2.29. The fourth-order valence-corrected chi connectivity index (χ4v) is 6.22. The van der Waals surface area contributed by atoms with E-state index in [1.807, 2.05) is 30.0 Å². The molecule has 1 saturated heterocycles. The van der Waals surface area contributed by atoms with Crippen LogP contribution in [0.2, 0.25) is 0 Å². The van der Waals surface area contributed by atoms with Crippen LogP contribution in [-0.4, -0.2) is 82.4 Å². The zero-order chi connectivity index (χ0) is 38.1. The number of anilines is 1. The number of H-pyrrole nitrogens is 1. The molecule has 0 aliphatic carbocycles. The van der Waals surface area contributed by atoms with Gasteiger partial charge in [0.1, 0.15) is 11.9 Å². The minimum Gasteiger partial charge on any atom is -0.506 e. The van der Waals surface area contributed by atoms with Gasteiger partial charge in [0.05, 0.1) is 11.6 Å². The topological polar surface area (TPSA) is 173 Å². The summed E-state index contributed by atoms with van der Waals surface area (Å²) in [6.07, 6.45) is -5.41. The molecule has 12 nitrogen and oxygen atoms in total. The Bertz CT molecular complexity index is 1980. The van der Waals surface area contributed by atoms with Crippen LogP contribution in [0, 0.1) is 0 Å². The molecule has 0 unspecified atom stereocenters. The first-order valence-corrected chi connectivity index (χ1v) is 17.3. The Kier molecular flexibility index (Phi) is 12.9. The second kappa shape index (κ2) is 17.5. The maximum Gasteiger partial charge on any atom is 0.490 e. The average Bonchev–Trinajstić information content (AvgIpc) is 3.13. The van der Waals surface area contributed by atoms with E-state index in [0.29, 0.717) is 48.3 Å². The number of hydrogen-bond donors (Lipinski definition) is 6. The van der Waals surface area contributed by atoms with Crippen molar-refractivity contribution in [3.63, 3.8) is 0 Å². The van der Waals surface area contributed by atoms with Crippen molar-refractivity contribution in [3.05, 3.63) is 105 Å². The number of halogens is 3. The van der Waals surface area contributed by atoms with Gasteiger partial charge in [0.2, 0.25) is 11.5 Å². The molecule has 0 bridgehead atoms. The number of carbonyl (C=O) groups is 3. The van der Waals surface area contributed by atoms with Crippen molar-refractivity contribution < 1.29 is 42.5 Å². The first-order valence-electron chi connectivity index (χ1n) is 17.3. The molecule has 2 amide bonds. The lowest BCUT2D eigenvalue weighted by atomic mass is 10.0. The van der Waals surface area contributed by atoms with E-state index in [0.717, 1.165) is 11.1 Å². The number of aromatic hydroxyl groups is 1. The predicted molar refractivity (Wildman–Crippen MR) is 191 cm³/mol. The minimum absolute atomic E-state index is 0.0453. The zero-order valence-corrected chi connectivity index (χ0v) is 29.0. The number of phenolic OH excluding ortho intramolecular Hbond substituents is 1. The third-order valence-electron chi connectivity index (χ3n) is 9.03. The largest absolute Gasteiger partial charge is 0.506 e. The van der Waals surface area contributed by atoms with Gasteiger partial charge in [-0.15, -0.1) is 0 Å². The summed E-state index contributed by atoms with van der Waals surface area (Å²) in [5, 5.41) is 30.7. The van der Waals surface area contributed by atoms with Crippen molar-refractivity contribution in [2.75, 3.05) is 31.5 Å². The van der Waals surface area contributed by atoms with Crippen molar-refractivity contribution in [1.29, 1.82) is 0 Å². The van der Waals surface area contributed by atoms with Gasteiger partial charge in [0.25, 0.3) is 5.91 Å². The summed E-state index contributed by atoms with van der Waals surface area (Å²) in [5.74, 6) is -2.80. The summed E-state index contributed by atoms with van der Waals surface area (Å²) in [7, 11) is 0. The molecule has 0 radical (unpaired) electrons. The van der Waals surface area contributed by atoms with Crippen LogP contribution in [0.5, 0.6) is 5.75 Å². The Morgan fingerprint density at radius 2 is 1.74 bits per heavy atom. The number of likely N-dealkylation sites (tertiary alicyclic amines) is 1. The van der Waals surface area contributed by atoms with E-state index in [9.17, 15) is 42.6 Å². The normalized spacial score (nSPS) is 15.1. The lowest BCUT2D eigenvalue weighted by Gasteiger charge is -2.31. The van der Waals surface area contributed by atoms with Crippen LogP contribution in [0.25, 0.3) is 10.9 Å². The van der Waals surface area contributed by atoms with Gasteiger partial charge in [0, 0.05) is 67.9 Å². The maximum atomic E-state index is 13.1. The number of aliphatic hydroxyl groups excluding tert-OH is 1. The van der Waals surface area contributed by atoms with Crippen molar-refractivity contribution >= 4 is 34.4 Å². The molecule has 5 rings (SSSR count). The number of hydrogen-bond acceptors (Lipinski definition) is 9. The van der Waals surface area contributed by atoms with Gasteiger partial charge in [0.15, 0.2) is 0 Å². The fraction of sp³-hybridized carbons (Fsp3) is 0.368. The van der Waals surface area contributed by atoms with E-state index in [1.54, 1.807) is 42.5 Å². The molecule has 3 aromatic carbocycles. The number of pyridine rings is 1. The van der Waals surface area contributed by atoms with E-state index in [-0.39, 0.29) is 67.0 Å². The van der Waals surface area contributed by atoms with E-state index >= 15 is 0 Å². The highest BCUT2D eigenvalue weighted by molar-refractivity contribution is 6.04. The first kappa shape index (κ1) is 39.0. The molecule has 1 fully saturated rings. The van der Waals surface area contributed by atoms with Gasteiger partial charge in [-0.25, -0.2) is 4.79 Å². The number of amides is 2. The number of rotatable bonds is 14. The van der Waals surface area contributed by atoms with Crippen molar-refractivity contribution in [3.8, 4) is 5.75 Å². The zero-order valence-electron chi connectivity index (χ0n) is 29.0. The number of aromatic amines is 1.